The fourth-order valence-corrected chi connectivity index (χ4v) is 4.73. The van der Waals surface area contributed by atoms with Crippen LogP contribution in [-0.4, -0.2) is 39.6 Å². The highest BCUT2D eigenvalue weighted by Gasteiger charge is 2.51. The summed E-state index contributed by atoms with van der Waals surface area (Å²) in [6.07, 6.45) is -2.20. The molecule has 168 valence electrons. The van der Waals surface area contributed by atoms with Gasteiger partial charge in [-0.25, -0.2) is 4.68 Å². The third-order valence-electron chi connectivity index (χ3n) is 6.32. The van der Waals surface area contributed by atoms with E-state index >= 15 is 0 Å². The average Bonchev–Trinajstić information content (AvgIpc) is 3.28. The molecule has 2 fully saturated rings. The van der Waals surface area contributed by atoms with Gasteiger partial charge < -0.3 is 16.4 Å². The van der Waals surface area contributed by atoms with Gasteiger partial charge in [-0.3, -0.25) is 9.59 Å². The van der Waals surface area contributed by atoms with Crippen LogP contribution in [0.15, 0.2) is 24.3 Å². The molecule has 1 aliphatic heterocycles. The van der Waals surface area contributed by atoms with Crippen molar-refractivity contribution in [1.29, 1.82) is 0 Å². The summed E-state index contributed by atoms with van der Waals surface area (Å²) >= 11 is 0. The number of halogens is 3. The normalized spacial score (nSPS) is 22.4. The number of alkyl halides is 3. The predicted molar refractivity (Wildman–Crippen MR) is 111 cm³/mol. The van der Waals surface area contributed by atoms with Gasteiger partial charge in [0, 0.05) is 18.7 Å². The molecule has 1 aromatic carbocycles. The Morgan fingerprint density at radius 1 is 1.22 bits per heavy atom. The lowest BCUT2D eigenvalue weighted by Crippen LogP contribution is -2.42. The second-order valence-electron chi connectivity index (χ2n) is 8.41. The summed E-state index contributed by atoms with van der Waals surface area (Å²) < 4.78 is 40.2. The van der Waals surface area contributed by atoms with Crippen molar-refractivity contribution in [2.24, 2.45) is 11.1 Å². The molecule has 1 aliphatic carbocycles. The van der Waals surface area contributed by atoms with Gasteiger partial charge in [0.1, 0.15) is 17.1 Å². The van der Waals surface area contributed by atoms with E-state index in [1.165, 1.54) is 16.8 Å². The third kappa shape index (κ3) is 3.68. The number of anilines is 1. The highest BCUT2D eigenvalue weighted by Crippen LogP contribution is 2.54. The molecule has 4 N–H and O–H groups in total. The molecule has 0 unspecified atom stereocenters. The van der Waals surface area contributed by atoms with E-state index in [-0.39, 0.29) is 34.4 Å². The average molecular weight is 445 g/mol. The quantitative estimate of drug-likeness (QED) is 0.709. The zero-order valence-corrected chi connectivity index (χ0v) is 17.4. The lowest BCUT2D eigenvalue weighted by Gasteiger charge is -2.45. The van der Waals surface area contributed by atoms with Crippen LogP contribution in [0.25, 0.3) is 11.3 Å². The van der Waals surface area contributed by atoms with Crippen LogP contribution in [-0.2, 0) is 11.0 Å². The van der Waals surface area contributed by atoms with Crippen LogP contribution in [0.4, 0.5) is 19.0 Å². The van der Waals surface area contributed by atoms with Gasteiger partial charge in [0.25, 0.3) is 11.8 Å². The Kier molecular flexibility index (Phi) is 5.15. The van der Waals surface area contributed by atoms with Crippen LogP contribution in [0.5, 0.6) is 0 Å². The van der Waals surface area contributed by atoms with Crippen LogP contribution >= 0.6 is 0 Å². The predicted octanol–water partition coefficient (Wildman–Crippen LogP) is 2.83. The molecule has 10 heteroatoms. The maximum absolute atomic E-state index is 12.9. The molecule has 0 bridgehead atoms. The maximum Gasteiger partial charge on any atom is 0.416 e. The number of primary amides is 1. The Morgan fingerprint density at radius 3 is 2.44 bits per heavy atom. The number of nitrogens with two attached hydrogens (primary N) is 2. The molecule has 0 radical (unpaired) electrons. The third-order valence-corrected chi connectivity index (χ3v) is 6.32. The van der Waals surface area contributed by atoms with E-state index in [0.717, 1.165) is 18.6 Å². The number of nitrogen functional groups attached to an aromatic ring is 1. The monoisotopic (exact) mass is 445 g/mol. The van der Waals surface area contributed by atoms with Crippen LogP contribution in [0.3, 0.4) is 0 Å². The Balaban J connectivity index is 1.58. The van der Waals surface area contributed by atoms with Crippen LogP contribution in [0, 0.1) is 17.3 Å². The first-order valence-electron chi connectivity index (χ1n) is 10.1. The van der Waals surface area contributed by atoms with Crippen molar-refractivity contribution < 1.29 is 22.8 Å². The number of hydrogen-bond donors (Lipinski definition) is 2. The van der Waals surface area contributed by atoms with E-state index in [0.29, 0.717) is 31.5 Å². The molecular weight excluding hydrogens is 423 g/mol. The molecule has 7 nitrogen and oxygen atoms in total. The van der Waals surface area contributed by atoms with E-state index in [1.54, 1.807) is 11.8 Å². The minimum atomic E-state index is -4.47. The fourth-order valence-electron chi connectivity index (χ4n) is 4.73. The second-order valence-corrected chi connectivity index (χ2v) is 8.41. The lowest BCUT2D eigenvalue weighted by atomic mass is 9.65. The van der Waals surface area contributed by atoms with E-state index in [4.69, 9.17) is 11.5 Å². The molecule has 2 amide bonds. The van der Waals surface area contributed by atoms with Crippen LogP contribution in [0.2, 0.25) is 0 Å². The Morgan fingerprint density at radius 2 is 1.88 bits per heavy atom. The topological polar surface area (TPSA) is 107 Å². The molecular formula is C22H22F3N5O2. The zero-order valence-electron chi connectivity index (χ0n) is 17.4. The molecule has 1 spiro atoms. The number of nitrogens with zero attached hydrogens (tertiary/aromatic N) is 3. The number of carbonyl (C=O) groups is 2. The van der Waals surface area contributed by atoms with Gasteiger partial charge >= 0.3 is 6.18 Å². The summed E-state index contributed by atoms with van der Waals surface area (Å²) in [4.78, 5) is 25.8. The van der Waals surface area contributed by atoms with Crippen molar-refractivity contribution in [3.8, 4) is 23.1 Å². The first-order valence-corrected chi connectivity index (χ1v) is 10.1. The first-order chi connectivity index (χ1) is 15.0. The van der Waals surface area contributed by atoms with E-state index in [1.807, 2.05) is 0 Å². The second kappa shape index (κ2) is 7.58. The number of amides is 2. The summed E-state index contributed by atoms with van der Waals surface area (Å²) in [5.41, 5.74) is 11.3. The van der Waals surface area contributed by atoms with Gasteiger partial charge in [0.2, 0.25) is 0 Å². The molecule has 2 heterocycles. The number of hydrogen-bond acceptors (Lipinski definition) is 4. The number of carbonyl (C=O) groups excluding carboxylic acids is 2. The first kappa shape index (κ1) is 21.7. The van der Waals surface area contributed by atoms with Gasteiger partial charge in [-0.2, -0.15) is 18.3 Å². The highest BCUT2D eigenvalue weighted by atomic mass is 19.4. The SMILES string of the molecule is CC#CC(=O)N1CC[C@]2(C1)C[C@H](n1nc(-c3ccc(C(F)(F)F)cc3)c(C(N)=O)c1N)C2. The Labute approximate surface area is 182 Å². The molecule has 1 saturated carbocycles. The molecule has 0 atom stereocenters. The van der Waals surface area contributed by atoms with Crippen molar-refractivity contribution in [3.63, 3.8) is 0 Å². The molecule has 4 rings (SSSR count). The summed E-state index contributed by atoms with van der Waals surface area (Å²) in [6.45, 7) is 2.86. The van der Waals surface area contributed by atoms with E-state index in [2.05, 4.69) is 16.9 Å². The molecule has 32 heavy (non-hydrogen) atoms. The van der Waals surface area contributed by atoms with Gasteiger partial charge in [-0.05, 0) is 49.7 Å². The van der Waals surface area contributed by atoms with Gasteiger partial charge in [0.05, 0.1) is 11.6 Å². The Hall–Kier alpha value is -3.48. The van der Waals surface area contributed by atoms with Crippen molar-refractivity contribution in [3.05, 3.63) is 35.4 Å². The summed E-state index contributed by atoms with van der Waals surface area (Å²) in [5.74, 6) is 4.28. The minimum Gasteiger partial charge on any atom is -0.383 e. The summed E-state index contributed by atoms with van der Waals surface area (Å²) in [7, 11) is 0. The highest BCUT2D eigenvalue weighted by molar-refractivity contribution is 6.03. The summed E-state index contributed by atoms with van der Waals surface area (Å²) in [6, 6.07) is 4.26. The number of benzene rings is 1. The van der Waals surface area contributed by atoms with Gasteiger partial charge in [-0.15, -0.1) is 0 Å². The van der Waals surface area contributed by atoms with Gasteiger partial charge in [-0.1, -0.05) is 18.1 Å². The van der Waals surface area contributed by atoms with Crippen molar-refractivity contribution >= 4 is 17.6 Å². The molecule has 1 aromatic heterocycles. The molecule has 2 aromatic rings. The minimum absolute atomic E-state index is 0.00726. The summed E-state index contributed by atoms with van der Waals surface area (Å²) in [5, 5.41) is 4.46. The van der Waals surface area contributed by atoms with E-state index in [9.17, 15) is 22.8 Å². The smallest absolute Gasteiger partial charge is 0.383 e. The number of rotatable bonds is 3. The fraction of sp³-hybridized carbons (Fsp3) is 0.409. The van der Waals surface area contributed by atoms with Crippen LogP contribution in [0.1, 0.15) is 48.1 Å². The Bertz CT molecular complexity index is 1140. The van der Waals surface area contributed by atoms with Crippen molar-refractivity contribution in [2.75, 3.05) is 18.8 Å². The van der Waals surface area contributed by atoms with Crippen molar-refractivity contribution in [1.82, 2.24) is 14.7 Å². The van der Waals surface area contributed by atoms with Crippen molar-refractivity contribution in [2.45, 2.75) is 38.4 Å². The standard InChI is InChI=1S/C22H22F3N5O2/c1-2-3-16(31)29-9-8-21(12-29)10-15(11-21)30-19(26)17(20(27)32)18(28-30)13-4-6-14(7-5-13)22(23,24)25/h4-7,15H,8-12,26H2,1H3,(H2,27,32)/t15-,21-. The van der Waals surface area contributed by atoms with Gasteiger partial charge in [0.15, 0.2) is 0 Å². The number of likely N-dealkylation sites (tertiary alicyclic amines) is 1. The molecule has 1 saturated heterocycles. The largest absolute Gasteiger partial charge is 0.416 e. The zero-order chi connectivity index (χ0) is 23.3. The number of aromatic nitrogens is 2. The lowest BCUT2D eigenvalue weighted by molar-refractivity contribution is -0.137. The van der Waals surface area contributed by atoms with E-state index < -0.39 is 17.6 Å². The van der Waals surface area contributed by atoms with Crippen LogP contribution < -0.4 is 11.5 Å². The maximum atomic E-state index is 12.9. The molecule has 2 aliphatic rings.